The second-order valence-electron chi connectivity index (χ2n) is 5.48. The Balaban J connectivity index is 1.59. The lowest BCUT2D eigenvalue weighted by atomic mass is 10.2. The van der Waals surface area contributed by atoms with E-state index in [-0.39, 0.29) is 5.43 Å². The molecule has 3 aromatic heterocycles. The summed E-state index contributed by atoms with van der Waals surface area (Å²) >= 11 is 3.10. The van der Waals surface area contributed by atoms with Gasteiger partial charge >= 0.3 is 0 Å². The molecule has 0 spiro atoms. The molecule has 0 saturated carbocycles. The third kappa shape index (κ3) is 3.10. The van der Waals surface area contributed by atoms with Crippen LogP contribution < -0.4 is 5.43 Å². The van der Waals surface area contributed by atoms with Crippen molar-refractivity contribution in [3.05, 3.63) is 63.5 Å². The highest BCUT2D eigenvalue weighted by Crippen LogP contribution is 2.27. The van der Waals surface area contributed by atoms with Crippen molar-refractivity contribution in [2.24, 2.45) is 7.05 Å². The van der Waals surface area contributed by atoms with Gasteiger partial charge in [-0.2, -0.15) is 0 Å². The molecule has 0 bridgehead atoms. The number of hydrogen-bond acceptors (Lipinski definition) is 5. The first-order valence-corrected chi connectivity index (χ1v) is 9.36. The minimum atomic E-state index is -0.416. The van der Waals surface area contributed by atoms with Gasteiger partial charge in [0, 0.05) is 35.5 Å². The molecule has 0 radical (unpaired) electrons. The fourth-order valence-corrected chi connectivity index (χ4v) is 4.12. The predicted octanol–water partition coefficient (Wildman–Crippen LogP) is 3.82. The number of aromatic amines is 1. The monoisotopic (exact) mass is 372 g/mol. The molecule has 126 valence electrons. The van der Waals surface area contributed by atoms with Crippen LogP contribution in [0.5, 0.6) is 0 Å². The molecule has 8 heteroatoms. The van der Waals surface area contributed by atoms with E-state index in [1.807, 2.05) is 29.1 Å². The summed E-state index contributed by atoms with van der Waals surface area (Å²) in [6.07, 6.45) is 0. The maximum absolute atomic E-state index is 13.3. The number of nitrogens with one attached hydrogen (secondary N) is 1. The molecule has 4 aromatic rings. The Morgan fingerprint density at radius 1 is 1.28 bits per heavy atom. The minimum absolute atomic E-state index is 0.193. The van der Waals surface area contributed by atoms with Crippen LogP contribution >= 0.6 is 23.1 Å². The first kappa shape index (κ1) is 16.0. The zero-order chi connectivity index (χ0) is 17.4. The Kier molecular flexibility index (Phi) is 4.14. The van der Waals surface area contributed by atoms with Gasteiger partial charge in [-0.3, -0.25) is 4.79 Å². The molecule has 0 aliphatic carbocycles. The summed E-state index contributed by atoms with van der Waals surface area (Å²) in [5, 5.41) is 11.6. The molecule has 0 atom stereocenters. The molecule has 0 fully saturated rings. The van der Waals surface area contributed by atoms with Crippen LogP contribution in [0.2, 0.25) is 0 Å². The van der Waals surface area contributed by atoms with Crippen molar-refractivity contribution in [1.82, 2.24) is 19.7 Å². The van der Waals surface area contributed by atoms with Crippen LogP contribution in [-0.2, 0) is 12.8 Å². The van der Waals surface area contributed by atoms with E-state index in [4.69, 9.17) is 0 Å². The highest BCUT2D eigenvalue weighted by molar-refractivity contribution is 7.98. The zero-order valence-corrected chi connectivity index (χ0v) is 14.8. The second kappa shape index (κ2) is 6.45. The van der Waals surface area contributed by atoms with Crippen molar-refractivity contribution in [1.29, 1.82) is 0 Å². The van der Waals surface area contributed by atoms with E-state index < -0.39 is 5.82 Å². The molecule has 0 unspecified atom stereocenters. The maximum atomic E-state index is 13.3. The number of H-pyrrole nitrogens is 1. The van der Waals surface area contributed by atoms with Gasteiger partial charge in [-0.1, -0.05) is 17.8 Å². The SMILES string of the molecule is Cn1c(SCc2cc(=O)c3cc(F)ccc3[nH]2)nnc1-c1cccs1. The summed E-state index contributed by atoms with van der Waals surface area (Å²) < 4.78 is 15.2. The third-order valence-corrected chi connectivity index (χ3v) is 5.72. The fourth-order valence-electron chi connectivity index (χ4n) is 2.56. The number of benzene rings is 1. The topological polar surface area (TPSA) is 63.6 Å². The van der Waals surface area contributed by atoms with Gasteiger partial charge in [0.2, 0.25) is 0 Å². The van der Waals surface area contributed by atoms with Crippen LogP contribution in [0.4, 0.5) is 4.39 Å². The molecule has 25 heavy (non-hydrogen) atoms. The number of pyridine rings is 1. The number of fused-ring (bicyclic) bond motifs is 1. The quantitative estimate of drug-likeness (QED) is 0.553. The van der Waals surface area contributed by atoms with Gasteiger partial charge in [-0.05, 0) is 29.6 Å². The maximum Gasteiger partial charge on any atom is 0.191 e. The van der Waals surface area contributed by atoms with Crippen LogP contribution in [0.3, 0.4) is 0 Å². The van der Waals surface area contributed by atoms with Gasteiger partial charge in [0.15, 0.2) is 16.4 Å². The van der Waals surface area contributed by atoms with Gasteiger partial charge in [-0.25, -0.2) is 4.39 Å². The molecule has 0 saturated heterocycles. The van der Waals surface area contributed by atoms with Crippen molar-refractivity contribution in [2.45, 2.75) is 10.9 Å². The molecule has 3 heterocycles. The summed E-state index contributed by atoms with van der Waals surface area (Å²) in [6, 6.07) is 9.65. The Bertz CT molecular complexity index is 1100. The highest BCUT2D eigenvalue weighted by atomic mass is 32.2. The number of thioether (sulfide) groups is 1. The van der Waals surface area contributed by atoms with E-state index in [1.165, 1.54) is 30.0 Å². The normalized spacial score (nSPS) is 11.3. The smallest absolute Gasteiger partial charge is 0.191 e. The Hall–Kier alpha value is -2.45. The van der Waals surface area contributed by atoms with E-state index in [1.54, 1.807) is 17.4 Å². The van der Waals surface area contributed by atoms with E-state index in [0.29, 0.717) is 16.7 Å². The zero-order valence-electron chi connectivity index (χ0n) is 13.2. The van der Waals surface area contributed by atoms with Gasteiger partial charge in [0.1, 0.15) is 5.82 Å². The third-order valence-electron chi connectivity index (χ3n) is 3.78. The average molecular weight is 372 g/mol. The summed E-state index contributed by atoms with van der Waals surface area (Å²) in [5.74, 6) is 0.944. The van der Waals surface area contributed by atoms with E-state index in [9.17, 15) is 9.18 Å². The second-order valence-corrected chi connectivity index (χ2v) is 7.37. The summed E-state index contributed by atoms with van der Waals surface area (Å²) in [5.41, 5.74) is 1.19. The Morgan fingerprint density at radius 3 is 2.96 bits per heavy atom. The molecular formula is C17H13FN4OS2. The molecular weight excluding hydrogens is 359 g/mol. The molecule has 5 nitrogen and oxygen atoms in total. The molecule has 0 aliphatic heterocycles. The van der Waals surface area contributed by atoms with Crippen LogP contribution in [0.25, 0.3) is 21.6 Å². The van der Waals surface area contributed by atoms with Crippen molar-refractivity contribution in [3.63, 3.8) is 0 Å². The number of thiophene rings is 1. The van der Waals surface area contributed by atoms with Gasteiger partial charge in [-0.15, -0.1) is 21.5 Å². The average Bonchev–Trinajstić information content (AvgIpc) is 3.23. The lowest BCUT2D eigenvalue weighted by molar-refractivity contribution is 0.629. The van der Waals surface area contributed by atoms with Crippen LogP contribution in [0, 0.1) is 5.82 Å². The first-order chi connectivity index (χ1) is 12.1. The molecule has 0 aliphatic rings. The van der Waals surface area contributed by atoms with Crippen LogP contribution in [-0.4, -0.2) is 19.7 Å². The molecule has 4 rings (SSSR count). The van der Waals surface area contributed by atoms with Crippen molar-refractivity contribution < 1.29 is 4.39 Å². The highest BCUT2D eigenvalue weighted by Gasteiger charge is 2.12. The fraction of sp³-hybridized carbons (Fsp3) is 0.118. The number of rotatable bonds is 4. The number of halogens is 1. The lowest BCUT2D eigenvalue weighted by Gasteiger charge is -2.05. The first-order valence-electron chi connectivity index (χ1n) is 7.49. The largest absolute Gasteiger partial charge is 0.357 e. The molecule has 1 N–H and O–H groups in total. The lowest BCUT2D eigenvalue weighted by Crippen LogP contribution is -2.05. The number of nitrogens with zero attached hydrogens (tertiary/aromatic N) is 3. The van der Waals surface area contributed by atoms with Gasteiger partial charge in [0.25, 0.3) is 0 Å². The van der Waals surface area contributed by atoms with Gasteiger partial charge in [0.05, 0.1) is 4.88 Å². The van der Waals surface area contributed by atoms with Gasteiger partial charge < -0.3 is 9.55 Å². The van der Waals surface area contributed by atoms with E-state index >= 15 is 0 Å². The molecule has 0 amide bonds. The van der Waals surface area contributed by atoms with Crippen LogP contribution in [0.15, 0.2) is 51.7 Å². The number of aromatic nitrogens is 4. The standard InChI is InChI=1S/C17H13FN4OS2/c1-22-16(15-3-2-6-24-15)20-21-17(22)25-9-11-8-14(23)12-7-10(18)4-5-13(12)19-11/h2-8H,9H2,1H3,(H,19,23). The predicted molar refractivity (Wildman–Crippen MR) is 98.4 cm³/mol. The summed E-state index contributed by atoms with van der Waals surface area (Å²) in [4.78, 5) is 16.4. The molecule has 1 aromatic carbocycles. The van der Waals surface area contributed by atoms with E-state index in [2.05, 4.69) is 15.2 Å². The Morgan fingerprint density at radius 2 is 2.16 bits per heavy atom. The van der Waals surface area contributed by atoms with Crippen molar-refractivity contribution >= 4 is 34.0 Å². The summed E-state index contributed by atoms with van der Waals surface area (Å²) in [6.45, 7) is 0. The minimum Gasteiger partial charge on any atom is -0.357 e. The van der Waals surface area contributed by atoms with Crippen LogP contribution in [0.1, 0.15) is 5.69 Å². The summed E-state index contributed by atoms with van der Waals surface area (Å²) in [7, 11) is 1.92. The van der Waals surface area contributed by atoms with E-state index in [0.717, 1.165) is 21.6 Å². The number of hydrogen-bond donors (Lipinski definition) is 1. The Labute approximate surface area is 150 Å². The van der Waals surface area contributed by atoms with Crippen molar-refractivity contribution in [2.75, 3.05) is 0 Å². The van der Waals surface area contributed by atoms with Crippen molar-refractivity contribution in [3.8, 4) is 10.7 Å².